The first-order chi connectivity index (χ1) is 14.4. The van der Waals surface area contributed by atoms with Gasteiger partial charge in [-0.05, 0) is 31.4 Å². The number of para-hydroxylation sites is 1. The van der Waals surface area contributed by atoms with Crippen LogP contribution >= 0.6 is 0 Å². The van der Waals surface area contributed by atoms with Crippen molar-refractivity contribution in [1.29, 1.82) is 0 Å². The molecule has 158 valence electrons. The molecule has 7 heteroatoms. The Balaban J connectivity index is 1.31. The van der Waals surface area contributed by atoms with E-state index in [1.165, 1.54) is 4.31 Å². The van der Waals surface area contributed by atoms with Crippen molar-refractivity contribution in [3.05, 3.63) is 71.5 Å². The molecule has 0 bridgehead atoms. The van der Waals surface area contributed by atoms with E-state index in [0.717, 1.165) is 22.1 Å². The lowest BCUT2D eigenvalue weighted by molar-refractivity contribution is -0.151. The number of hydrogen-bond acceptors (Lipinski definition) is 5. The maximum Gasteiger partial charge on any atom is 0.309 e. The number of benzene rings is 2. The van der Waals surface area contributed by atoms with Gasteiger partial charge in [0.05, 0.1) is 11.7 Å². The second-order valence-corrected chi connectivity index (χ2v) is 9.64. The molecule has 0 radical (unpaired) electrons. The first kappa shape index (κ1) is 20.6. The van der Waals surface area contributed by atoms with Crippen molar-refractivity contribution in [2.45, 2.75) is 32.1 Å². The van der Waals surface area contributed by atoms with Gasteiger partial charge < -0.3 is 9.15 Å². The highest BCUT2D eigenvalue weighted by molar-refractivity contribution is 7.88. The number of fused-ring (bicyclic) bond motifs is 1. The summed E-state index contributed by atoms with van der Waals surface area (Å²) in [4.78, 5) is 12.5. The van der Waals surface area contributed by atoms with Gasteiger partial charge in [-0.2, -0.15) is 0 Å². The molecule has 0 unspecified atom stereocenters. The Morgan fingerprint density at radius 2 is 1.73 bits per heavy atom. The molecule has 0 saturated carbocycles. The Kier molecular flexibility index (Phi) is 5.92. The largest absolute Gasteiger partial charge is 0.457 e. The van der Waals surface area contributed by atoms with E-state index in [0.29, 0.717) is 31.7 Å². The van der Waals surface area contributed by atoms with Gasteiger partial charge in [0, 0.05) is 24.0 Å². The monoisotopic (exact) mass is 427 g/mol. The SMILES string of the molecule is Cc1c(COC(=O)C2CCN(S(=O)(=O)Cc3ccccc3)CC2)oc2ccccc12. The van der Waals surface area contributed by atoms with E-state index in [1.54, 1.807) is 0 Å². The fourth-order valence-electron chi connectivity index (χ4n) is 3.86. The number of furan rings is 1. The maximum atomic E-state index is 12.7. The van der Waals surface area contributed by atoms with Crippen LogP contribution in [0.1, 0.15) is 29.7 Å². The van der Waals surface area contributed by atoms with Gasteiger partial charge in [-0.1, -0.05) is 48.5 Å². The highest BCUT2D eigenvalue weighted by Gasteiger charge is 2.32. The van der Waals surface area contributed by atoms with Crippen LogP contribution in [0.5, 0.6) is 0 Å². The Bertz CT molecular complexity index is 1130. The summed E-state index contributed by atoms with van der Waals surface area (Å²) in [5, 5.41) is 1.01. The van der Waals surface area contributed by atoms with Crippen molar-refractivity contribution in [3.8, 4) is 0 Å². The van der Waals surface area contributed by atoms with Crippen LogP contribution < -0.4 is 0 Å². The molecule has 2 heterocycles. The van der Waals surface area contributed by atoms with E-state index in [9.17, 15) is 13.2 Å². The van der Waals surface area contributed by atoms with Gasteiger partial charge in [0.25, 0.3) is 0 Å². The number of ether oxygens (including phenoxy) is 1. The second kappa shape index (κ2) is 8.62. The number of carbonyl (C=O) groups is 1. The lowest BCUT2D eigenvalue weighted by atomic mass is 9.98. The molecule has 4 rings (SSSR count). The quantitative estimate of drug-likeness (QED) is 0.555. The molecule has 0 aliphatic carbocycles. The Morgan fingerprint density at radius 3 is 2.43 bits per heavy atom. The van der Waals surface area contributed by atoms with Crippen LogP contribution in [-0.2, 0) is 31.9 Å². The van der Waals surface area contributed by atoms with Gasteiger partial charge in [0.2, 0.25) is 10.0 Å². The van der Waals surface area contributed by atoms with Crippen LogP contribution in [0.25, 0.3) is 11.0 Å². The Morgan fingerprint density at radius 1 is 1.07 bits per heavy atom. The number of esters is 1. The third-order valence-electron chi connectivity index (χ3n) is 5.66. The maximum absolute atomic E-state index is 12.7. The van der Waals surface area contributed by atoms with Gasteiger partial charge in [-0.3, -0.25) is 4.79 Å². The Hall–Kier alpha value is -2.64. The standard InChI is InChI=1S/C23H25NO5S/c1-17-20-9-5-6-10-21(20)29-22(17)15-28-23(25)19-11-13-24(14-12-19)30(26,27)16-18-7-3-2-4-8-18/h2-10,19H,11-16H2,1H3. The third-order valence-corrected chi connectivity index (χ3v) is 7.51. The summed E-state index contributed by atoms with van der Waals surface area (Å²) in [6.45, 7) is 2.70. The van der Waals surface area contributed by atoms with Gasteiger partial charge in [-0.15, -0.1) is 0 Å². The Labute approximate surface area is 176 Å². The molecule has 0 N–H and O–H groups in total. The number of rotatable bonds is 6. The van der Waals surface area contributed by atoms with Crippen molar-refractivity contribution in [1.82, 2.24) is 4.31 Å². The van der Waals surface area contributed by atoms with E-state index < -0.39 is 10.0 Å². The molecular formula is C23H25NO5S. The molecule has 1 aromatic heterocycles. The van der Waals surface area contributed by atoms with E-state index >= 15 is 0 Å². The first-order valence-electron chi connectivity index (χ1n) is 10.1. The normalized spacial score (nSPS) is 16.0. The van der Waals surface area contributed by atoms with E-state index in [2.05, 4.69) is 0 Å². The van der Waals surface area contributed by atoms with E-state index in [1.807, 2.05) is 61.5 Å². The van der Waals surface area contributed by atoms with Crippen LogP contribution in [0.4, 0.5) is 0 Å². The van der Waals surface area contributed by atoms with Gasteiger partial charge in [-0.25, -0.2) is 12.7 Å². The third kappa shape index (κ3) is 4.42. The van der Waals surface area contributed by atoms with Gasteiger partial charge >= 0.3 is 5.97 Å². The molecule has 1 aliphatic heterocycles. The highest BCUT2D eigenvalue weighted by Crippen LogP contribution is 2.27. The zero-order chi connectivity index (χ0) is 21.1. The minimum Gasteiger partial charge on any atom is -0.457 e. The average molecular weight is 428 g/mol. The van der Waals surface area contributed by atoms with Crippen LogP contribution in [0.2, 0.25) is 0 Å². The lowest BCUT2D eigenvalue weighted by Crippen LogP contribution is -2.41. The lowest BCUT2D eigenvalue weighted by Gasteiger charge is -2.30. The van der Waals surface area contributed by atoms with Crippen LogP contribution in [0, 0.1) is 12.8 Å². The van der Waals surface area contributed by atoms with Crippen molar-refractivity contribution >= 4 is 27.0 Å². The molecular weight excluding hydrogens is 402 g/mol. The number of nitrogens with zero attached hydrogens (tertiary/aromatic N) is 1. The topological polar surface area (TPSA) is 76.8 Å². The summed E-state index contributed by atoms with van der Waals surface area (Å²) < 4.78 is 38.1. The van der Waals surface area contributed by atoms with Crippen molar-refractivity contribution in [3.63, 3.8) is 0 Å². The van der Waals surface area contributed by atoms with Crippen LogP contribution in [0.3, 0.4) is 0 Å². The molecule has 0 amide bonds. The summed E-state index contributed by atoms with van der Waals surface area (Å²) in [6.07, 6.45) is 0.929. The molecule has 30 heavy (non-hydrogen) atoms. The fourth-order valence-corrected chi connectivity index (χ4v) is 5.43. The fraction of sp³-hybridized carbons (Fsp3) is 0.348. The van der Waals surface area contributed by atoms with Gasteiger partial charge in [0.15, 0.2) is 0 Å². The average Bonchev–Trinajstić information content (AvgIpc) is 3.08. The zero-order valence-electron chi connectivity index (χ0n) is 16.9. The second-order valence-electron chi connectivity index (χ2n) is 7.67. The van der Waals surface area contributed by atoms with Gasteiger partial charge in [0.1, 0.15) is 18.0 Å². The summed E-state index contributed by atoms with van der Waals surface area (Å²) in [5.74, 6) is 0.0362. The molecule has 1 fully saturated rings. The molecule has 1 saturated heterocycles. The highest BCUT2D eigenvalue weighted by atomic mass is 32.2. The van der Waals surface area contributed by atoms with Crippen molar-refractivity contribution in [2.24, 2.45) is 5.92 Å². The van der Waals surface area contributed by atoms with E-state index in [-0.39, 0.29) is 24.2 Å². The number of hydrogen-bond donors (Lipinski definition) is 0. The molecule has 0 spiro atoms. The number of piperidine rings is 1. The summed E-state index contributed by atoms with van der Waals surface area (Å²) in [7, 11) is -3.40. The molecule has 0 atom stereocenters. The predicted octanol–water partition coefficient (Wildman–Crippen LogP) is 4.03. The minimum atomic E-state index is -3.40. The number of carbonyl (C=O) groups excluding carboxylic acids is 1. The molecule has 1 aliphatic rings. The predicted molar refractivity (Wildman–Crippen MR) is 114 cm³/mol. The summed E-state index contributed by atoms with van der Waals surface area (Å²) in [6, 6.07) is 16.8. The zero-order valence-corrected chi connectivity index (χ0v) is 17.7. The van der Waals surface area contributed by atoms with Crippen molar-refractivity contribution in [2.75, 3.05) is 13.1 Å². The van der Waals surface area contributed by atoms with Crippen molar-refractivity contribution < 1.29 is 22.4 Å². The number of sulfonamides is 1. The molecule has 3 aromatic rings. The molecule has 2 aromatic carbocycles. The van der Waals surface area contributed by atoms with Crippen LogP contribution in [0.15, 0.2) is 59.0 Å². The number of aryl methyl sites for hydroxylation is 1. The first-order valence-corrected chi connectivity index (χ1v) is 11.7. The minimum absolute atomic E-state index is 0.0196. The summed E-state index contributed by atoms with van der Waals surface area (Å²) >= 11 is 0. The van der Waals surface area contributed by atoms with E-state index in [4.69, 9.17) is 9.15 Å². The molecule has 6 nitrogen and oxygen atoms in total. The smallest absolute Gasteiger partial charge is 0.309 e. The van der Waals surface area contributed by atoms with Crippen LogP contribution in [-0.4, -0.2) is 31.8 Å². The summed E-state index contributed by atoms with van der Waals surface area (Å²) in [5.41, 5.74) is 2.51.